The zero-order valence-electron chi connectivity index (χ0n) is 14.0. The number of aromatic nitrogens is 1. The smallest absolute Gasteiger partial charge is 0.264 e. The van der Waals surface area contributed by atoms with Crippen molar-refractivity contribution in [1.29, 1.82) is 0 Å². The lowest BCUT2D eigenvalue weighted by Crippen LogP contribution is -2.49. The highest BCUT2D eigenvalue weighted by Crippen LogP contribution is 2.22. The fourth-order valence-electron chi connectivity index (χ4n) is 2.42. The van der Waals surface area contributed by atoms with Gasteiger partial charge in [0.25, 0.3) is 11.5 Å². The number of pyridine rings is 1. The Morgan fingerprint density at radius 2 is 1.84 bits per heavy atom. The molecule has 2 rings (SSSR count). The van der Waals surface area contributed by atoms with E-state index in [1.807, 2.05) is 30.3 Å². The van der Waals surface area contributed by atoms with Gasteiger partial charge in [-0.15, -0.1) is 0 Å². The lowest BCUT2D eigenvalue weighted by Gasteiger charge is -2.25. The molecule has 0 aliphatic rings. The predicted molar refractivity (Wildman–Crippen MR) is 93.9 cm³/mol. The van der Waals surface area contributed by atoms with E-state index in [0.717, 1.165) is 17.4 Å². The van der Waals surface area contributed by atoms with Crippen molar-refractivity contribution in [3.63, 3.8) is 0 Å². The van der Waals surface area contributed by atoms with Gasteiger partial charge >= 0.3 is 0 Å². The van der Waals surface area contributed by atoms with Crippen LogP contribution in [0.3, 0.4) is 0 Å². The highest BCUT2D eigenvalue weighted by atomic mass is 32.2. The molecule has 0 spiro atoms. The highest BCUT2D eigenvalue weighted by Gasteiger charge is 2.43. The van der Waals surface area contributed by atoms with Crippen LogP contribution in [0, 0.1) is 0 Å². The Balaban J connectivity index is 2.26. The Bertz CT molecular complexity index is 922. The molecule has 1 amide bonds. The molecular formula is C17H20N2O5S. The molecule has 0 bridgehead atoms. The number of benzene rings is 1. The minimum atomic E-state index is -3.80. The van der Waals surface area contributed by atoms with Crippen LogP contribution in [0.1, 0.15) is 13.3 Å². The van der Waals surface area contributed by atoms with Gasteiger partial charge in [-0.05, 0) is 30.5 Å². The molecule has 1 atom stereocenters. The topological polar surface area (TPSA) is 105 Å². The molecule has 2 aromatic rings. The Morgan fingerprint density at radius 3 is 2.36 bits per heavy atom. The first-order chi connectivity index (χ1) is 11.7. The third-order valence-corrected chi connectivity index (χ3v) is 6.36. The van der Waals surface area contributed by atoms with Crippen molar-refractivity contribution < 1.29 is 18.4 Å². The number of nitrogens with zero attached hydrogens (tertiary/aromatic N) is 1. The van der Waals surface area contributed by atoms with Gasteiger partial charge in [0.15, 0.2) is 14.6 Å². The summed E-state index contributed by atoms with van der Waals surface area (Å²) < 4.78 is 23.4. The molecule has 0 radical (unpaired) electrons. The van der Waals surface area contributed by atoms with Crippen molar-refractivity contribution in [2.45, 2.75) is 24.6 Å². The first-order valence-electron chi connectivity index (χ1n) is 7.59. The number of sulfone groups is 1. The molecule has 0 fully saturated rings. The third kappa shape index (κ3) is 3.97. The van der Waals surface area contributed by atoms with Crippen molar-refractivity contribution in [1.82, 2.24) is 10.0 Å². The quantitative estimate of drug-likeness (QED) is 0.592. The Kier molecular flexibility index (Phi) is 5.44. The second-order valence-electron chi connectivity index (χ2n) is 6.01. The van der Waals surface area contributed by atoms with Gasteiger partial charge in [-0.3, -0.25) is 14.8 Å². The molecule has 0 aliphatic heterocycles. The molecule has 8 heteroatoms. The molecule has 0 saturated heterocycles. The summed E-state index contributed by atoms with van der Waals surface area (Å²) in [5.41, 5.74) is 2.73. The fourth-order valence-corrected chi connectivity index (χ4v) is 3.27. The van der Waals surface area contributed by atoms with Crippen molar-refractivity contribution in [3.05, 3.63) is 59.0 Å². The summed E-state index contributed by atoms with van der Waals surface area (Å²) in [6.07, 6.45) is 2.33. The maximum atomic E-state index is 12.3. The SMILES string of the molecule is C[C@@](CCn1ccc(-c2ccccc2)cc1=O)(C(=O)NO)S(C)(=O)=O. The highest BCUT2D eigenvalue weighted by molar-refractivity contribution is 7.92. The third-order valence-electron chi connectivity index (χ3n) is 4.33. The van der Waals surface area contributed by atoms with Crippen LogP contribution in [0.25, 0.3) is 11.1 Å². The van der Waals surface area contributed by atoms with Gasteiger partial charge in [0, 0.05) is 25.1 Å². The maximum absolute atomic E-state index is 12.3. The molecule has 1 aromatic carbocycles. The molecular weight excluding hydrogens is 344 g/mol. The predicted octanol–water partition coefficient (Wildman–Crippen LogP) is 1.21. The van der Waals surface area contributed by atoms with Crippen molar-refractivity contribution in [2.75, 3.05) is 6.26 Å². The van der Waals surface area contributed by atoms with E-state index in [9.17, 15) is 18.0 Å². The second-order valence-corrected chi connectivity index (χ2v) is 8.45. The Morgan fingerprint density at radius 1 is 1.20 bits per heavy atom. The van der Waals surface area contributed by atoms with Gasteiger partial charge in [0.1, 0.15) is 0 Å². The van der Waals surface area contributed by atoms with Gasteiger partial charge in [-0.25, -0.2) is 13.9 Å². The Hall–Kier alpha value is -2.45. The van der Waals surface area contributed by atoms with Crippen molar-refractivity contribution in [3.8, 4) is 11.1 Å². The monoisotopic (exact) mass is 364 g/mol. The van der Waals surface area contributed by atoms with E-state index in [-0.39, 0.29) is 18.5 Å². The van der Waals surface area contributed by atoms with E-state index in [4.69, 9.17) is 5.21 Å². The van der Waals surface area contributed by atoms with Crippen LogP contribution in [-0.4, -0.2) is 35.1 Å². The summed E-state index contributed by atoms with van der Waals surface area (Å²) >= 11 is 0. The number of aryl methyl sites for hydroxylation is 1. The van der Waals surface area contributed by atoms with Gasteiger partial charge in [0.2, 0.25) is 0 Å². The van der Waals surface area contributed by atoms with Crippen LogP contribution < -0.4 is 11.0 Å². The van der Waals surface area contributed by atoms with Crippen LogP contribution in [-0.2, 0) is 21.2 Å². The van der Waals surface area contributed by atoms with E-state index in [1.54, 1.807) is 12.3 Å². The number of nitrogens with one attached hydrogen (secondary N) is 1. The fraction of sp³-hybridized carbons (Fsp3) is 0.294. The molecule has 25 heavy (non-hydrogen) atoms. The van der Waals surface area contributed by atoms with Gasteiger partial charge < -0.3 is 4.57 Å². The zero-order valence-corrected chi connectivity index (χ0v) is 14.8. The first-order valence-corrected chi connectivity index (χ1v) is 9.48. The molecule has 0 saturated carbocycles. The van der Waals surface area contributed by atoms with Crippen LogP contribution in [0.2, 0.25) is 0 Å². The van der Waals surface area contributed by atoms with Crippen LogP contribution in [0.15, 0.2) is 53.5 Å². The average molecular weight is 364 g/mol. The summed E-state index contributed by atoms with van der Waals surface area (Å²) in [5, 5.41) is 8.82. The molecule has 1 heterocycles. The van der Waals surface area contributed by atoms with Crippen LogP contribution in [0.4, 0.5) is 0 Å². The zero-order chi connectivity index (χ0) is 18.7. The standard InChI is InChI=1S/C17H20N2O5S/c1-17(16(21)18-22,25(2,23)24)9-11-19-10-8-14(12-15(19)20)13-6-4-3-5-7-13/h3-8,10,12,22H,9,11H2,1-2H3,(H,18,21)/t17-/m1/s1. The number of carbonyl (C=O) groups is 1. The lowest BCUT2D eigenvalue weighted by molar-refractivity contribution is -0.131. The summed E-state index contributed by atoms with van der Waals surface area (Å²) in [5.74, 6) is -1.02. The molecule has 134 valence electrons. The number of rotatable bonds is 6. The molecule has 2 N–H and O–H groups in total. The van der Waals surface area contributed by atoms with Crippen molar-refractivity contribution >= 4 is 15.7 Å². The van der Waals surface area contributed by atoms with E-state index in [1.165, 1.54) is 23.0 Å². The van der Waals surface area contributed by atoms with E-state index in [2.05, 4.69) is 0 Å². The first kappa shape index (κ1) is 18.9. The number of hydroxylamine groups is 1. The number of carbonyl (C=O) groups excluding carboxylic acids is 1. The molecule has 1 aromatic heterocycles. The largest absolute Gasteiger partial charge is 0.315 e. The maximum Gasteiger partial charge on any atom is 0.264 e. The second kappa shape index (κ2) is 7.20. The Labute approximate surface area is 145 Å². The average Bonchev–Trinajstić information content (AvgIpc) is 2.59. The minimum Gasteiger partial charge on any atom is -0.315 e. The van der Waals surface area contributed by atoms with Gasteiger partial charge in [-0.1, -0.05) is 30.3 Å². The van der Waals surface area contributed by atoms with Crippen LogP contribution in [0.5, 0.6) is 0 Å². The lowest BCUT2D eigenvalue weighted by atomic mass is 10.1. The van der Waals surface area contributed by atoms with Gasteiger partial charge in [0.05, 0.1) is 0 Å². The van der Waals surface area contributed by atoms with E-state index < -0.39 is 20.5 Å². The molecule has 0 unspecified atom stereocenters. The summed E-state index contributed by atoms with van der Waals surface area (Å²) in [7, 11) is -3.80. The number of hydrogen-bond donors (Lipinski definition) is 2. The normalized spacial score (nSPS) is 13.9. The van der Waals surface area contributed by atoms with Crippen molar-refractivity contribution in [2.24, 2.45) is 0 Å². The molecule has 7 nitrogen and oxygen atoms in total. The van der Waals surface area contributed by atoms with E-state index >= 15 is 0 Å². The molecule has 0 aliphatic carbocycles. The van der Waals surface area contributed by atoms with Crippen LogP contribution >= 0.6 is 0 Å². The summed E-state index contributed by atoms with van der Waals surface area (Å²) in [6, 6.07) is 12.6. The minimum absolute atomic E-state index is 0.0187. The van der Waals surface area contributed by atoms with E-state index in [0.29, 0.717) is 0 Å². The van der Waals surface area contributed by atoms with Gasteiger partial charge in [-0.2, -0.15) is 0 Å². The summed E-state index contributed by atoms with van der Waals surface area (Å²) in [4.78, 5) is 24.1. The number of amides is 1. The summed E-state index contributed by atoms with van der Waals surface area (Å²) in [6.45, 7) is 1.24. The number of hydrogen-bond acceptors (Lipinski definition) is 5.